The average Bonchev–Trinajstić information content (AvgIpc) is 3.43. The Hall–Kier alpha value is -2.12. The fourth-order valence-electron chi connectivity index (χ4n) is 6.91. The predicted molar refractivity (Wildman–Crippen MR) is 144 cm³/mol. The van der Waals surface area contributed by atoms with Gasteiger partial charge in [0.1, 0.15) is 0 Å². The Morgan fingerprint density at radius 2 is 1.50 bits per heavy atom. The van der Waals surface area contributed by atoms with Crippen molar-refractivity contribution in [3.63, 3.8) is 0 Å². The SMILES string of the molecule is CC1CC(C)CN(C(=O)c2cccc(N3CCN(CC(=O)N4CCN(C5CCCC5)CC4)CC3)c2)C1. The zero-order valence-corrected chi connectivity index (χ0v) is 22.4. The number of likely N-dealkylation sites (tertiary alicyclic amines) is 1. The molecule has 1 saturated carbocycles. The van der Waals surface area contributed by atoms with Gasteiger partial charge in [0.25, 0.3) is 5.91 Å². The van der Waals surface area contributed by atoms with Crippen molar-refractivity contribution in [2.24, 2.45) is 11.8 Å². The molecule has 0 N–H and O–H groups in total. The van der Waals surface area contributed by atoms with Crippen LogP contribution in [0.25, 0.3) is 0 Å². The number of carbonyl (C=O) groups is 2. The second-order valence-corrected chi connectivity index (χ2v) is 11.8. The summed E-state index contributed by atoms with van der Waals surface area (Å²) in [5.74, 6) is 1.57. The number of piperidine rings is 1. The first-order valence-corrected chi connectivity index (χ1v) is 14.3. The number of amides is 2. The number of carbonyl (C=O) groups excluding carboxylic acids is 2. The predicted octanol–water partition coefficient (Wildman–Crippen LogP) is 3.01. The van der Waals surface area contributed by atoms with Gasteiger partial charge in [-0.3, -0.25) is 19.4 Å². The molecular formula is C29H45N5O2. The Bertz CT molecular complexity index is 891. The van der Waals surface area contributed by atoms with Crippen LogP contribution in [0.1, 0.15) is 56.3 Å². The molecule has 0 aromatic heterocycles. The average molecular weight is 496 g/mol. The number of nitrogens with zero attached hydrogens (tertiary/aromatic N) is 5. The molecule has 7 heteroatoms. The summed E-state index contributed by atoms with van der Waals surface area (Å²) in [4.78, 5) is 37.6. The van der Waals surface area contributed by atoms with Crippen LogP contribution < -0.4 is 4.90 Å². The lowest BCUT2D eigenvalue weighted by molar-refractivity contribution is -0.134. The third-order valence-corrected chi connectivity index (χ3v) is 8.85. The zero-order chi connectivity index (χ0) is 25.1. The molecule has 0 spiro atoms. The van der Waals surface area contributed by atoms with Gasteiger partial charge in [-0.15, -0.1) is 0 Å². The number of hydrogen-bond acceptors (Lipinski definition) is 5. The summed E-state index contributed by atoms with van der Waals surface area (Å²) >= 11 is 0. The zero-order valence-electron chi connectivity index (χ0n) is 22.4. The maximum atomic E-state index is 13.2. The van der Waals surface area contributed by atoms with E-state index >= 15 is 0 Å². The molecule has 0 radical (unpaired) electrons. The van der Waals surface area contributed by atoms with Gasteiger partial charge in [0.05, 0.1) is 6.54 Å². The van der Waals surface area contributed by atoms with E-state index in [1.807, 2.05) is 17.0 Å². The molecule has 0 bridgehead atoms. The highest BCUT2D eigenvalue weighted by molar-refractivity contribution is 5.95. The molecule has 2 amide bonds. The van der Waals surface area contributed by atoms with Gasteiger partial charge in [-0.05, 0) is 49.3 Å². The van der Waals surface area contributed by atoms with E-state index < -0.39 is 0 Å². The van der Waals surface area contributed by atoms with Gasteiger partial charge in [-0.1, -0.05) is 32.8 Å². The topological polar surface area (TPSA) is 50.3 Å². The minimum absolute atomic E-state index is 0.160. The molecule has 4 aliphatic rings. The van der Waals surface area contributed by atoms with Gasteiger partial charge in [0.2, 0.25) is 5.91 Å². The highest BCUT2D eigenvalue weighted by atomic mass is 16.2. The minimum atomic E-state index is 0.160. The molecule has 4 fully saturated rings. The van der Waals surface area contributed by atoms with E-state index in [2.05, 4.69) is 45.6 Å². The van der Waals surface area contributed by atoms with Crippen molar-refractivity contribution >= 4 is 17.5 Å². The first kappa shape index (κ1) is 25.5. The Kier molecular flexibility index (Phi) is 8.16. The van der Waals surface area contributed by atoms with Crippen LogP contribution in [0.4, 0.5) is 5.69 Å². The van der Waals surface area contributed by atoms with Crippen LogP contribution in [0, 0.1) is 11.8 Å². The summed E-state index contributed by atoms with van der Waals surface area (Å²) in [6, 6.07) is 8.91. The molecule has 5 rings (SSSR count). The van der Waals surface area contributed by atoms with Crippen molar-refractivity contribution in [3.05, 3.63) is 29.8 Å². The van der Waals surface area contributed by atoms with E-state index in [0.717, 1.165) is 82.7 Å². The molecule has 3 saturated heterocycles. The molecule has 3 aliphatic heterocycles. The van der Waals surface area contributed by atoms with Crippen molar-refractivity contribution in [1.82, 2.24) is 19.6 Å². The van der Waals surface area contributed by atoms with E-state index in [1.54, 1.807) is 0 Å². The summed E-state index contributed by atoms with van der Waals surface area (Å²) in [6.45, 7) is 14.1. The first-order chi connectivity index (χ1) is 17.5. The molecule has 2 atom stereocenters. The van der Waals surface area contributed by atoms with Gasteiger partial charge >= 0.3 is 0 Å². The van der Waals surface area contributed by atoms with E-state index in [4.69, 9.17) is 0 Å². The number of anilines is 1. The smallest absolute Gasteiger partial charge is 0.253 e. The van der Waals surface area contributed by atoms with Crippen molar-refractivity contribution in [2.45, 2.75) is 52.0 Å². The van der Waals surface area contributed by atoms with Gasteiger partial charge < -0.3 is 14.7 Å². The van der Waals surface area contributed by atoms with E-state index in [9.17, 15) is 9.59 Å². The fraction of sp³-hybridized carbons (Fsp3) is 0.724. The maximum absolute atomic E-state index is 13.2. The maximum Gasteiger partial charge on any atom is 0.253 e. The largest absolute Gasteiger partial charge is 0.369 e. The summed E-state index contributed by atoms with van der Waals surface area (Å²) in [7, 11) is 0. The number of benzene rings is 1. The number of rotatable bonds is 5. The Morgan fingerprint density at radius 1 is 0.833 bits per heavy atom. The van der Waals surface area contributed by atoms with Gasteiger partial charge in [-0.2, -0.15) is 0 Å². The van der Waals surface area contributed by atoms with E-state index in [1.165, 1.54) is 32.1 Å². The van der Waals surface area contributed by atoms with Crippen LogP contribution in [0.5, 0.6) is 0 Å². The third kappa shape index (κ3) is 6.05. The molecule has 198 valence electrons. The molecule has 2 unspecified atom stereocenters. The Balaban J connectivity index is 1.09. The second-order valence-electron chi connectivity index (χ2n) is 11.8. The standard InChI is InChI=1S/C29H45N5O2/c1-23-18-24(2)21-34(20-23)29(36)25-6-5-9-27(19-25)32-12-10-30(11-13-32)22-28(35)33-16-14-31(15-17-33)26-7-3-4-8-26/h5-6,9,19,23-24,26H,3-4,7-8,10-18,20-22H2,1-2H3. The second kappa shape index (κ2) is 11.5. The lowest BCUT2D eigenvalue weighted by Crippen LogP contribution is -2.55. The van der Waals surface area contributed by atoms with Crippen molar-refractivity contribution in [2.75, 3.05) is 76.9 Å². The van der Waals surface area contributed by atoms with Crippen LogP contribution in [-0.2, 0) is 4.79 Å². The Morgan fingerprint density at radius 3 is 2.17 bits per heavy atom. The summed E-state index contributed by atoms with van der Waals surface area (Å²) < 4.78 is 0. The third-order valence-electron chi connectivity index (χ3n) is 8.85. The van der Waals surface area contributed by atoms with Crippen LogP contribution in [0.2, 0.25) is 0 Å². The molecule has 7 nitrogen and oxygen atoms in total. The lowest BCUT2D eigenvalue weighted by Gasteiger charge is -2.40. The molecule has 1 aromatic carbocycles. The Labute approximate surface area is 217 Å². The van der Waals surface area contributed by atoms with Crippen LogP contribution in [-0.4, -0.2) is 109 Å². The molecule has 36 heavy (non-hydrogen) atoms. The van der Waals surface area contributed by atoms with E-state index in [0.29, 0.717) is 18.4 Å². The molecule has 3 heterocycles. The fourth-order valence-corrected chi connectivity index (χ4v) is 6.91. The van der Waals surface area contributed by atoms with Crippen LogP contribution >= 0.6 is 0 Å². The van der Waals surface area contributed by atoms with Gasteiger partial charge in [-0.25, -0.2) is 0 Å². The van der Waals surface area contributed by atoms with Crippen molar-refractivity contribution < 1.29 is 9.59 Å². The normalized spacial score (nSPS) is 27.0. The minimum Gasteiger partial charge on any atom is -0.369 e. The van der Waals surface area contributed by atoms with Crippen molar-refractivity contribution in [1.29, 1.82) is 0 Å². The molecule has 1 aromatic rings. The molecular weight excluding hydrogens is 450 g/mol. The highest BCUT2D eigenvalue weighted by Gasteiger charge is 2.30. The first-order valence-electron chi connectivity index (χ1n) is 14.3. The van der Waals surface area contributed by atoms with Crippen LogP contribution in [0.15, 0.2) is 24.3 Å². The lowest BCUT2D eigenvalue weighted by atomic mass is 9.91. The van der Waals surface area contributed by atoms with Crippen LogP contribution in [0.3, 0.4) is 0 Å². The quantitative estimate of drug-likeness (QED) is 0.629. The monoisotopic (exact) mass is 495 g/mol. The number of piperazine rings is 2. The highest BCUT2D eigenvalue weighted by Crippen LogP contribution is 2.26. The summed E-state index contributed by atoms with van der Waals surface area (Å²) in [6.07, 6.45) is 6.62. The number of hydrogen-bond donors (Lipinski definition) is 0. The van der Waals surface area contributed by atoms with Gasteiger partial charge in [0.15, 0.2) is 0 Å². The van der Waals surface area contributed by atoms with E-state index in [-0.39, 0.29) is 11.8 Å². The summed E-state index contributed by atoms with van der Waals surface area (Å²) in [5.41, 5.74) is 1.91. The van der Waals surface area contributed by atoms with Gasteiger partial charge in [0, 0.05) is 82.7 Å². The summed E-state index contributed by atoms with van der Waals surface area (Å²) in [5, 5.41) is 0. The molecule has 1 aliphatic carbocycles. The van der Waals surface area contributed by atoms with Crippen molar-refractivity contribution in [3.8, 4) is 0 Å².